The average Bonchev–Trinajstić information content (AvgIpc) is 2.34. The SMILES string of the molecule is COc1ccc(C=NCCCNC(C)C)cc1. The van der Waals surface area contributed by atoms with E-state index in [0.717, 1.165) is 30.8 Å². The van der Waals surface area contributed by atoms with Gasteiger partial charge in [0.15, 0.2) is 0 Å². The van der Waals surface area contributed by atoms with Gasteiger partial charge in [0.2, 0.25) is 0 Å². The van der Waals surface area contributed by atoms with Crippen molar-refractivity contribution in [2.75, 3.05) is 20.2 Å². The summed E-state index contributed by atoms with van der Waals surface area (Å²) in [7, 11) is 1.67. The minimum Gasteiger partial charge on any atom is -0.497 e. The number of aliphatic imine (C=N–C) groups is 1. The number of benzene rings is 1. The molecule has 3 heteroatoms. The van der Waals surface area contributed by atoms with E-state index in [1.54, 1.807) is 7.11 Å². The number of rotatable bonds is 7. The van der Waals surface area contributed by atoms with E-state index in [2.05, 4.69) is 24.2 Å². The monoisotopic (exact) mass is 234 g/mol. The van der Waals surface area contributed by atoms with Crippen LogP contribution in [0.4, 0.5) is 0 Å². The van der Waals surface area contributed by atoms with Gasteiger partial charge in [-0.3, -0.25) is 4.99 Å². The molecule has 94 valence electrons. The number of hydrogen-bond donors (Lipinski definition) is 1. The molecule has 0 saturated carbocycles. The first-order valence-electron chi connectivity index (χ1n) is 6.09. The minimum atomic E-state index is 0.556. The number of hydrogen-bond acceptors (Lipinski definition) is 3. The molecule has 1 aromatic rings. The third-order valence-corrected chi connectivity index (χ3v) is 2.37. The molecule has 1 N–H and O–H groups in total. The lowest BCUT2D eigenvalue weighted by atomic mass is 10.2. The van der Waals surface area contributed by atoms with Gasteiger partial charge in [0, 0.05) is 18.8 Å². The molecule has 0 amide bonds. The Morgan fingerprint density at radius 1 is 1.29 bits per heavy atom. The summed E-state index contributed by atoms with van der Waals surface area (Å²) >= 11 is 0. The molecule has 0 aromatic heterocycles. The fraction of sp³-hybridized carbons (Fsp3) is 0.500. The smallest absolute Gasteiger partial charge is 0.118 e. The molecule has 0 atom stereocenters. The van der Waals surface area contributed by atoms with Crippen molar-refractivity contribution in [1.29, 1.82) is 0 Å². The third kappa shape index (κ3) is 6.07. The van der Waals surface area contributed by atoms with Crippen LogP contribution in [0.5, 0.6) is 5.75 Å². The second kappa shape index (κ2) is 7.85. The van der Waals surface area contributed by atoms with E-state index in [9.17, 15) is 0 Å². The van der Waals surface area contributed by atoms with Gasteiger partial charge in [-0.15, -0.1) is 0 Å². The predicted molar refractivity (Wildman–Crippen MR) is 73.2 cm³/mol. The molecule has 0 aliphatic rings. The Morgan fingerprint density at radius 3 is 2.59 bits per heavy atom. The summed E-state index contributed by atoms with van der Waals surface area (Å²) in [6.07, 6.45) is 2.99. The number of nitrogens with one attached hydrogen (secondary N) is 1. The maximum absolute atomic E-state index is 5.10. The van der Waals surface area contributed by atoms with E-state index in [1.807, 2.05) is 30.5 Å². The van der Waals surface area contributed by atoms with Crippen molar-refractivity contribution in [1.82, 2.24) is 5.32 Å². The van der Waals surface area contributed by atoms with Crippen LogP contribution in [0.3, 0.4) is 0 Å². The van der Waals surface area contributed by atoms with Crippen LogP contribution in [0.15, 0.2) is 29.3 Å². The Labute approximate surface area is 104 Å². The highest BCUT2D eigenvalue weighted by Gasteiger charge is 1.92. The highest BCUT2D eigenvalue weighted by Crippen LogP contribution is 2.09. The Morgan fingerprint density at radius 2 is 2.00 bits per heavy atom. The highest BCUT2D eigenvalue weighted by molar-refractivity contribution is 5.79. The molecule has 3 nitrogen and oxygen atoms in total. The molecule has 17 heavy (non-hydrogen) atoms. The number of ether oxygens (including phenoxy) is 1. The zero-order chi connectivity index (χ0) is 12.5. The molecule has 0 aliphatic heterocycles. The summed E-state index contributed by atoms with van der Waals surface area (Å²) in [4.78, 5) is 4.39. The predicted octanol–water partition coefficient (Wildman–Crippen LogP) is 2.50. The van der Waals surface area contributed by atoms with Gasteiger partial charge in [-0.25, -0.2) is 0 Å². The molecule has 0 aliphatic carbocycles. The van der Waals surface area contributed by atoms with E-state index in [1.165, 1.54) is 0 Å². The van der Waals surface area contributed by atoms with Crippen molar-refractivity contribution >= 4 is 6.21 Å². The van der Waals surface area contributed by atoms with E-state index in [4.69, 9.17) is 4.74 Å². The fourth-order valence-electron chi connectivity index (χ4n) is 1.42. The molecule has 0 radical (unpaired) electrons. The lowest BCUT2D eigenvalue weighted by Crippen LogP contribution is -2.24. The first-order chi connectivity index (χ1) is 8.22. The maximum Gasteiger partial charge on any atom is 0.118 e. The highest BCUT2D eigenvalue weighted by atomic mass is 16.5. The topological polar surface area (TPSA) is 33.6 Å². The molecular formula is C14H22N2O. The van der Waals surface area contributed by atoms with Gasteiger partial charge in [0.05, 0.1) is 7.11 Å². The molecule has 1 aromatic carbocycles. The zero-order valence-corrected chi connectivity index (χ0v) is 10.9. The summed E-state index contributed by atoms with van der Waals surface area (Å²) in [6.45, 7) is 6.20. The lowest BCUT2D eigenvalue weighted by molar-refractivity contribution is 0.415. The van der Waals surface area contributed by atoms with E-state index in [0.29, 0.717) is 6.04 Å². The van der Waals surface area contributed by atoms with Gasteiger partial charge >= 0.3 is 0 Å². The van der Waals surface area contributed by atoms with Crippen LogP contribution in [-0.4, -0.2) is 32.5 Å². The first kappa shape index (κ1) is 13.7. The summed E-state index contributed by atoms with van der Waals surface area (Å²) in [6, 6.07) is 8.47. The van der Waals surface area contributed by atoms with E-state index in [-0.39, 0.29) is 0 Å². The van der Waals surface area contributed by atoms with Crippen molar-refractivity contribution in [3.8, 4) is 5.75 Å². The molecule has 0 spiro atoms. The third-order valence-electron chi connectivity index (χ3n) is 2.37. The molecule has 0 fully saturated rings. The van der Waals surface area contributed by atoms with Gasteiger partial charge in [0.1, 0.15) is 5.75 Å². The zero-order valence-electron chi connectivity index (χ0n) is 10.9. The standard InChI is InChI=1S/C14H22N2O/c1-12(2)16-10-4-9-15-11-13-5-7-14(17-3)8-6-13/h5-8,11-12,16H,4,9-10H2,1-3H3. The molecule has 0 unspecified atom stereocenters. The quantitative estimate of drug-likeness (QED) is 0.581. The van der Waals surface area contributed by atoms with E-state index >= 15 is 0 Å². The van der Waals surface area contributed by atoms with Crippen LogP contribution in [0.2, 0.25) is 0 Å². The summed E-state index contributed by atoms with van der Waals surface area (Å²) in [5.74, 6) is 0.878. The van der Waals surface area contributed by atoms with Crippen LogP contribution < -0.4 is 10.1 Å². The summed E-state index contributed by atoms with van der Waals surface area (Å²) < 4.78 is 5.10. The Balaban J connectivity index is 2.23. The van der Waals surface area contributed by atoms with Gasteiger partial charge in [-0.2, -0.15) is 0 Å². The van der Waals surface area contributed by atoms with Gasteiger partial charge < -0.3 is 10.1 Å². The van der Waals surface area contributed by atoms with Gasteiger partial charge in [0.25, 0.3) is 0 Å². The Bertz CT molecular complexity index is 331. The van der Waals surface area contributed by atoms with Crippen molar-refractivity contribution < 1.29 is 4.74 Å². The largest absolute Gasteiger partial charge is 0.497 e. The Hall–Kier alpha value is -1.35. The molecule has 1 rings (SSSR count). The summed E-state index contributed by atoms with van der Waals surface area (Å²) in [5.41, 5.74) is 1.11. The fourth-order valence-corrected chi connectivity index (χ4v) is 1.42. The van der Waals surface area contributed by atoms with Crippen LogP contribution in [-0.2, 0) is 0 Å². The molecule has 0 heterocycles. The van der Waals surface area contributed by atoms with Gasteiger partial charge in [-0.1, -0.05) is 13.8 Å². The average molecular weight is 234 g/mol. The molecule has 0 saturated heterocycles. The van der Waals surface area contributed by atoms with Crippen LogP contribution in [0.1, 0.15) is 25.8 Å². The van der Waals surface area contributed by atoms with Gasteiger partial charge in [-0.05, 0) is 42.8 Å². The van der Waals surface area contributed by atoms with Crippen molar-refractivity contribution in [3.05, 3.63) is 29.8 Å². The second-order valence-electron chi connectivity index (χ2n) is 4.27. The van der Waals surface area contributed by atoms with Crippen LogP contribution in [0.25, 0.3) is 0 Å². The summed E-state index contributed by atoms with van der Waals surface area (Å²) in [5, 5.41) is 3.37. The Kier molecular flexibility index (Phi) is 6.33. The lowest BCUT2D eigenvalue weighted by Gasteiger charge is -2.05. The van der Waals surface area contributed by atoms with Crippen LogP contribution >= 0.6 is 0 Å². The van der Waals surface area contributed by atoms with Crippen molar-refractivity contribution in [2.24, 2.45) is 4.99 Å². The first-order valence-corrected chi connectivity index (χ1v) is 6.09. The molecular weight excluding hydrogens is 212 g/mol. The minimum absolute atomic E-state index is 0.556. The van der Waals surface area contributed by atoms with Crippen molar-refractivity contribution in [3.63, 3.8) is 0 Å². The normalized spacial score (nSPS) is 11.3. The molecule has 0 bridgehead atoms. The maximum atomic E-state index is 5.10. The van der Waals surface area contributed by atoms with Crippen molar-refractivity contribution in [2.45, 2.75) is 26.3 Å². The second-order valence-corrected chi connectivity index (χ2v) is 4.27. The van der Waals surface area contributed by atoms with E-state index < -0.39 is 0 Å². The number of nitrogens with zero attached hydrogens (tertiary/aromatic N) is 1. The van der Waals surface area contributed by atoms with Crippen LogP contribution in [0, 0.1) is 0 Å². The number of methoxy groups -OCH3 is 1.